The van der Waals surface area contributed by atoms with Crippen LogP contribution in [0.4, 0.5) is 5.69 Å². The Morgan fingerprint density at radius 1 is 1.21 bits per heavy atom. The number of ether oxygens (including phenoxy) is 1. The van der Waals surface area contributed by atoms with Crippen molar-refractivity contribution in [3.8, 4) is 0 Å². The van der Waals surface area contributed by atoms with Gasteiger partial charge in [-0.05, 0) is 18.6 Å². The van der Waals surface area contributed by atoms with Gasteiger partial charge in [-0.3, -0.25) is 0 Å². The highest BCUT2D eigenvalue weighted by Crippen LogP contribution is 2.54. The predicted molar refractivity (Wildman–Crippen MR) is 80.5 cm³/mol. The molecule has 1 saturated carbocycles. The zero-order valence-electron chi connectivity index (χ0n) is 10.8. The van der Waals surface area contributed by atoms with Crippen molar-refractivity contribution in [3.05, 3.63) is 27.2 Å². The summed E-state index contributed by atoms with van der Waals surface area (Å²) in [6.45, 7) is 5.28. The fourth-order valence-electron chi connectivity index (χ4n) is 3.45. The molecule has 0 amide bonds. The molecule has 2 fully saturated rings. The van der Waals surface area contributed by atoms with E-state index >= 15 is 0 Å². The topological polar surface area (TPSA) is 21.3 Å². The summed E-state index contributed by atoms with van der Waals surface area (Å²) in [7, 11) is 0. The first-order valence-corrected chi connectivity index (χ1v) is 7.57. The minimum atomic E-state index is 0.0907. The number of halogens is 3. The lowest BCUT2D eigenvalue weighted by molar-refractivity contribution is -0.0923. The van der Waals surface area contributed by atoms with E-state index in [0.29, 0.717) is 33.1 Å². The number of nitrogens with one attached hydrogen (secondary N) is 1. The van der Waals surface area contributed by atoms with Gasteiger partial charge in [-0.2, -0.15) is 0 Å². The third-order valence-electron chi connectivity index (χ3n) is 4.41. The van der Waals surface area contributed by atoms with Gasteiger partial charge in [0.1, 0.15) is 0 Å². The number of fused-ring (bicyclic) bond motifs is 1. The van der Waals surface area contributed by atoms with Gasteiger partial charge in [0.15, 0.2) is 0 Å². The Bertz CT molecular complexity index is 494. The number of hydrogen-bond donors (Lipinski definition) is 1. The summed E-state index contributed by atoms with van der Waals surface area (Å²) < 4.78 is 5.79. The number of hydrogen-bond acceptors (Lipinski definition) is 2. The Kier molecular flexibility index (Phi) is 3.41. The van der Waals surface area contributed by atoms with Gasteiger partial charge in [0.25, 0.3) is 0 Å². The molecule has 2 nitrogen and oxygen atoms in total. The van der Waals surface area contributed by atoms with Gasteiger partial charge in [-0.15, -0.1) is 0 Å². The summed E-state index contributed by atoms with van der Waals surface area (Å²) in [4.78, 5) is 0. The van der Waals surface area contributed by atoms with Gasteiger partial charge in [0.05, 0.1) is 21.8 Å². The highest BCUT2D eigenvalue weighted by Gasteiger charge is 2.59. The van der Waals surface area contributed by atoms with Crippen LogP contribution in [0.25, 0.3) is 0 Å². The van der Waals surface area contributed by atoms with Crippen LogP contribution in [0.2, 0.25) is 15.1 Å². The number of anilines is 1. The monoisotopic (exact) mass is 319 g/mol. The fraction of sp³-hybridized carbons (Fsp3) is 0.571. The second-order valence-electron chi connectivity index (χ2n) is 5.93. The second-order valence-corrected chi connectivity index (χ2v) is 7.18. The molecule has 104 valence electrons. The standard InChI is InChI=1S/C14H16Cl3NO/c1-14(2)12(8-3-4-19-13(8)14)18-11-9(16)5-7(15)6-10(11)17/h5-6,8,12-13,18H,3-4H2,1-2H3. The van der Waals surface area contributed by atoms with Crippen molar-refractivity contribution < 1.29 is 4.74 Å². The van der Waals surface area contributed by atoms with E-state index in [1.54, 1.807) is 12.1 Å². The van der Waals surface area contributed by atoms with Crippen molar-refractivity contribution in [1.29, 1.82) is 0 Å². The summed E-state index contributed by atoms with van der Waals surface area (Å²) in [5, 5.41) is 5.18. The van der Waals surface area contributed by atoms with E-state index in [1.165, 1.54) is 0 Å². The van der Waals surface area contributed by atoms with E-state index in [9.17, 15) is 0 Å². The SMILES string of the molecule is CC1(C)C(Nc2c(Cl)cc(Cl)cc2Cl)C2CCOC21. The maximum Gasteiger partial charge on any atom is 0.0722 e. The van der Waals surface area contributed by atoms with E-state index in [4.69, 9.17) is 39.5 Å². The van der Waals surface area contributed by atoms with E-state index in [-0.39, 0.29) is 5.41 Å². The molecule has 0 spiro atoms. The molecule has 0 radical (unpaired) electrons. The minimum Gasteiger partial charge on any atom is -0.379 e. The van der Waals surface area contributed by atoms with Crippen LogP contribution in [0.15, 0.2) is 12.1 Å². The minimum absolute atomic E-state index is 0.0907. The molecular weight excluding hydrogens is 305 g/mol. The smallest absolute Gasteiger partial charge is 0.0722 e. The molecule has 19 heavy (non-hydrogen) atoms. The Balaban J connectivity index is 1.86. The van der Waals surface area contributed by atoms with Crippen LogP contribution in [0.3, 0.4) is 0 Å². The third-order valence-corrected chi connectivity index (χ3v) is 5.22. The zero-order chi connectivity index (χ0) is 13.8. The Morgan fingerprint density at radius 3 is 2.47 bits per heavy atom. The molecule has 1 aromatic rings. The average molecular weight is 321 g/mol. The lowest BCUT2D eigenvalue weighted by Gasteiger charge is -2.55. The molecule has 3 atom stereocenters. The molecule has 1 saturated heterocycles. The quantitative estimate of drug-likeness (QED) is 0.839. The van der Waals surface area contributed by atoms with E-state index < -0.39 is 0 Å². The fourth-order valence-corrected chi connectivity index (χ4v) is 4.38. The third kappa shape index (κ3) is 2.13. The largest absolute Gasteiger partial charge is 0.379 e. The van der Waals surface area contributed by atoms with Crippen molar-refractivity contribution in [1.82, 2.24) is 0 Å². The van der Waals surface area contributed by atoms with Crippen molar-refractivity contribution in [3.63, 3.8) is 0 Å². The first-order valence-electron chi connectivity index (χ1n) is 6.44. The Labute approximate surface area is 128 Å². The van der Waals surface area contributed by atoms with Gasteiger partial charge in [0, 0.05) is 29.0 Å². The molecule has 0 aromatic heterocycles. The van der Waals surface area contributed by atoms with Crippen LogP contribution in [0.5, 0.6) is 0 Å². The van der Waals surface area contributed by atoms with Gasteiger partial charge < -0.3 is 10.1 Å². The number of benzene rings is 1. The zero-order valence-corrected chi connectivity index (χ0v) is 13.1. The molecule has 0 bridgehead atoms. The summed E-state index contributed by atoms with van der Waals surface area (Å²) in [5.74, 6) is 0.540. The Morgan fingerprint density at radius 2 is 1.84 bits per heavy atom. The first kappa shape index (κ1) is 13.8. The molecule has 5 heteroatoms. The predicted octanol–water partition coefficient (Wildman–Crippen LogP) is 4.87. The van der Waals surface area contributed by atoms with Gasteiger partial charge >= 0.3 is 0 Å². The maximum atomic E-state index is 6.23. The van der Waals surface area contributed by atoms with E-state index in [1.807, 2.05) is 0 Å². The maximum absolute atomic E-state index is 6.23. The summed E-state index contributed by atoms with van der Waals surface area (Å²) >= 11 is 18.4. The molecule has 1 N–H and O–H groups in total. The van der Waals surface area contributed by atoms with Crippen LogP contribution in [0.1, 0.15) is 20.3 Å². The first-order chi connectivity index (χ1) is 8.91. The van der Waals surface area contributed by atoms with Crippen LogP contribution in [-0.4, -0.2) is 18.8 Å². The van der Waals surface area contributed by atoms with Crippen LogP contribution in [0, 0.1) is 11.3 Å². The molecular formula is C14H16Cl3NO. The van der Waals surface area contributed by atoms with Gasteiger partial charge in [0.2, 0.25) is 0 Å². The highest BCUT2D eigenvalue weighted by atomic mass is 35.5. The lowest BCUT2D eigenvalue weighted by atomic mass is 9.57. The highest BCUT2D eigenvalue weighted by molar-refractivity contribution is 6.41. The van der Waals surface area contributed by atoms with Gasteiger partial charge in [-0.1, -0.05) is 48.7 Å². The average Bonchev–Trinajstić information content (AvgIpc) is 2.74. The van der Waals surface area contributed by atoms with Crippen LogP contribution in [-0.2, 0) is 4.74 Å². The van der Waals surface area contributed by atoms with Crippen LogP contribution < -0.4 is 5.32 Å². The van der Waals surface area contributed by atoms with Crippen molar-refractivity contribution >= 4 is 40.5 Å². The van der Waals surface area contributed by atoms with Crippen LogP contribution >= 0.6 is 34.8 Å². The van der Waals surface area contributed by atoms with Crippen molar-refractivity contribution in [2.24, 2.45) is 11.3 Å². The molecule has 1 aliphatic carbocycles. The normalized spacial score (nSPS) is 31.7. The second kappa shape index (κ2) is 4.70. The molecule has 1 aromatic carbocycles. The number of rotatable bonds is 2. The Hall–Kier alpha value is -0.150. The van der Waals surface area contributed by atoms with Crippen molar-refractivity contribution in [2.75, 3.05) is 11.9 Å². The van der Waals surface area contributed by atoms with E-state index in [2.05, 4.69) is 19.2 Å². The summed E-state index contributed by atoms with van der Waals surface area (Å²) in [6, 6.07) is 3.76. The van der Waals surface area contributed by atoms with E-state index in [0.717, 1.165) is 18.7 Å². The molecule has 3 unspecified atom stereocenters. The molecule has 1 aliphatic heterocycles. The lowest BCUT2D eigenvalue weighted by Crippen LogP contribution is -2.63. The molecule has 2 aliphatic rings. The van der Waals surface area contributed by atoms with Crippen molar-refractivity contribution in [2.45, 2.75) is 32.4 Å². The molecule has 1 heterocycles. The summed E-state index contributed by atoms with van der Waals surface area (Å²) in [5.41, 5.74) is 0.865. The molecule has 3 rings (SSSR count). The van der Waals surface area contributed by atoms with Gasteiger partial charge in [-0.25, -0.2) is 0 Å². The summed E-state index contributed by atoms with van der Waals surface area (Å²) in [6.07, 6.45) is 1.43.